The first-order valence-corrected chi connectivity index (χ1v) is 5.02. The quantitative estimate of drug-likeness (QED) is 0.852. The molecular weight excluding hydrogens is 233 g/mol. The number of nitrogens with two attached hydrogens (primary N) is 1. The van der Waals surface area contributed by atoms with Crippen molar-refractivity contribution in [2.75, 3.05) is 0 Å². The molecule has 0 saturated heterocycles. The molecule has 0 saturated carbocycles. The van der Waals surface area contributed by atoms with Crippen LogP contribution in [-0.4, -0.2) is 6.04 Å². The summed E-state index contributed by atoms with van der Waals surface area (Å²) >= 11 is 3.31. The van der Waals surface area contributed by atoms with Crippen molar-refractivity contribution >= 4 is 15.9 Å². The van der Waals surface area contributed by atoms with Gasteiger partial charge >= 0.3 is 0 Å². The molecule has 0 spiro atoms. The van der Waals surface area contributed by atoms with E-state index in [1.807, 2.05) is 13.8 Å². The van der Waals surface area contributed by atoms with Crippen molar-refractivity contribution in [2.24, 2.45) is 5.73 Å². The number of hydrogen-bond acceptors (Lipinski definition) is 1. The van der Waals surface area contributed by atoms with Gasteiger partial charge in [-0.15, -0.1) is 0 Å². The zero-order valence-corrected chi connectivity index (χ0v) is 9.31. The highest BCUT2D eigenvalue weighted by molar-refractivity contribution is 9.10. The normalized spacial score (nSPS) is 15.5. The Morgan fingerprint density at radius 2 is 2.00 bits per heavy atom. The first-order valence-electron chi connectivity index (χ1n) is 4.23. The lowest BCUT2D eigenvalue weighted by Gasteiger charge is -2.16. The van der Waals surface area contributed by atoms with Crippen LogP contribution in [0.1, 0.15) is 25.3 Å². The molecule has 13 heavy (non-hydrogen) atoms. The average Bonchev–Trinajstić information content (AvgIpc) is 2.08. The third kappa shape index (κ3) is 2.51. The monoisotopic (exact) mass is 245 g/mol. The molecule has 0 aromatic heterocycles. The molecule has 3 heteroatoms. The van der Waals surface area contributed by atoms with Crippen LogP contribution in [0.3, 0.4) is 0 Å². The maximum absolute atomic E-state index is 13.3. The second-order valence-corrected chi connectivity index (χ2v) is 4.23. The Kier molecular flexibility index (Phi) is 3.45. The lowest BCUT2D eigenvalue weighted by atomic mass is 9.95. The van der Waals surface area contributed by atoms with Crippen LogP contribution in [0.2, 0.25) is 0 Å². The predicted molar refractivity (Wildman–Crippen MR) is 56.2 cm³/mol. The number of halogens is 2. The van der Waals surface area contributed by atoms with Gasteiger partial charge in [0.15, 0.2) is 0 Å². The van der Waals surface area contributed by atoms with Gasteiger partial charge in [0.2, 0.25) is 0 Å². The maximum Gasteiger partial charge on any atom is 0.126 e. The summed E-state index contributed by atoms with van der Waals surface area (Å²) in [7, 11) is 0. The molecule has 0 aliphatic carbocycles. The highest BCUT2D eigenvalue weighted by Crippen LogP contribution is 2.24. The van der Waals surface area contributed by atoms with E-state index < -0.39 is 0 Å². The molecule has 1 nitrogen and oxygen atoms in total. The van der Waals surface area contributed by atoms with Crippen molar-refractivity contribution in [3.63, 3.8) is 0 Å². The topological polar surface area (TPSA) is 26.0 Å². The van der Waals surface area contributed by atoms with Crippen LogP contribution in [-0.2, 0) is 0 Å². The predicted octanol–water partition coefficient (Wildman–Crippen LogP) is 3.04. The smallest absolute Gasteiger partial charge is 0.126 e. The molecule has 1 aromatic rings. The molecule has 0 amide bonds. The van der Waals surface area contributed by atoms with Gasteiger partial charge in [-0.3, -0.25) is 0 Å². The standard InChI is InChI=1S/C10H13BrFN/c1-6(7(2)13)9-5-8(11)3-4-10(9)12/h3-7H,13H2,1-2H3. The SMILES string of the molecule is CC(N)C(C)c1cc(Br)ccc1F. The van der Waals surface area contributed by atoms with Gasteiger partial charge in [-0.2, -0.15) is 0 Å². The van der Waals surface area contributed by atoms with Crippen molar-refractivity contribution < 1.29 is 4.39 Å². The lowest BCUT2D eigenvalue weighted by molar-refractivity contribution is 0.549. The third-order valence-corrected chi connectivity index (χ3v) is 2.73. The Morgan fingerprint density at radius 3 is 2.54 bits per heavy atom. The minimum atomic E-state index is -0.187. The Morgan fingerprint density at radius 1 is 1.38 bits per heavy atom. The number of hydrogen-bond donors (Lipinski definition) is 1. The van der Waals surface area contributed by atoms with Gasteiger partial charge in [-0.1, -0.05) is 22.9 Å². The second-order valence-electron chi connectivity index (χ2n) is 3.31. The molecule has 2 N–H and O–H groups in total. The van der Waals surface area contributed by atoms with E-state index in [1.54, 1.807) is 12.1 Å². The van der Waals surface area contributed by atoms with E-state index in [0.717, 1.165) is 4.47 Å². The zero-order valence-electron chi connectivity index (χ0n) is 7.72. The molecule has 0 bridgehead atoms. The summed E-state index contributed by atoms with van der Waals surface area (Å²) < 4.78 is 14.2. The fourth-order valence-corrected chi connectivity index (χ4v) is 1.53. The van der Waals surface area contributed by atoms with E-state index >= 15 is 0 Å². The Bertz CT molecular complexity index is 299. The molecule has 0 radical (unpaired) electrons. The summed E-state index contributed by atoms with van der Waals surface area (Å²) in [6.45, 7) is 3.81. The van der Waals surface area contributed by atoms with Crippen molar-refractivity contribution in [3.05, 3.63) is 34.1 Å². The van der Waals surface area contributed by atoms with Gasteiger partial charge < -0.3 is 5.73 Å². The van der Waals surface area contributed by atoms with Gasteiger partial charge in [0.05, 0.1) is 0 Å². The average molecular weight is 246 g/mol. The molecule has 0 heterocycles. The van der Waals surface area contributed by atoms with Crippen LogP contribution in [0, 0.1) is 5.82 Å². The number of rotatable bonds is 2. The van der Waals surface area contributed by atoms with Crippen LogP contribution >= 0.6 is 15.9 Å². The Hall–Kier alpha value is -0.410. The summed E-state index contributed by atoms with van der Waals surface area (Å²) in [6.07, 6.45) is 0. The van der Waals surface area contributed by atoms with Gasteiger partial charge in [0, 0.05) is 10.5 Å². The van der Waals surface area contributed by atoms with Gasteiger partial charge in [0.25, 0.3) is 0 Å². The van der Waals surface area contributed by atoms with E-state index in [4.69, 9.17) is 5.73 Å². The molecular formula is C10H13BrFN. The summed E-state index contributed by atoms with van der Waals surface area (Å²) in [5, 5.41) is 0. The van der Waals surface area contributed by atoms with Crippen molar-refractivity contribution in [3.8, 4) is 0 Å². The molecule has 2 atom stereocenters. The van der Waals surface area contributed by atoms with E-state index in [1.165, 1.54) is 6.07 Å². The van der Waals surface area contributed by atoms with E-state index in [0.29, 0.717) is 5.56 Å². The van der Waals surface area contributed by atoms with Crippen LogP contribution < -0.4 is 5.73 Å². The molecule has 2 unspecified atom stereocenters. The molecule has 72 valence electrons. The first-order chi connectivity index (χ1) is 6.02. The molecule has 0 aliphatic heterocycles. The molecule has 0 aliphatic rings. The summed E-state index contributed by atoms with van der Waals surface area (Å²) in [5.74, 6) is -0.148. The van der Waals surface area contributed by atoms with Gasteiger partial charge in [-0.25, -0.2) is 4.39 Å². The van der Waals surface area contributed by atoms with Crippen molar-refractivity contribution in [2.45, 2.75) is 25.8 Å². The minimum Gasteiger partial charge on any atom is -0.327 e. The van der Waals surface area contributed by atoms with Crippen LogP contribution in [0.4, 0.5) is 4.39 Å². The van der Waals surface area contributed by atoms with Crippen LogP contribution in [0.5, 0.6) is 0 Å². The molecule has 1 aromatic carbocycles. The maximum atomic E-state index is 13.3. The molecule has 1 rings (SSSR count). The second kappa shape index (κ2) is 4.20. The van der Waals surface area contributed by atoms with E-state index in [2.05, 4.69) is 15.9 Å². The third-order valence-electron chi connectivity index (χ3n) is 2.24. The van der Waals surface area contributed by atoms with E-state index in [9.17, 15) is 4.39 Å². The Balaban J connectivity index is 3.05. The highest BCUT2D eigenvalue weighted by Gasteiger charge is 2.14. The zero-order chi connectivity index (χ0) is 10.0. The van der Waals surface area contributed by atoms with Crippen LogP contribution in [0.15, 0.2) is 22.7 Å². The van der Waals surface area contributed by atoms with Gasteiger partial charge in [0.1, 0.15) is 5.82 Å². The minimum absolute atomic E-state index is 0.0381. The first kappa shape index (κ1) is 10.7. The van der Waals surface area contributed by atoms with Gasteiger partial charge in [-0.05, 0) is 36.6 Å². The van der Waals surface area contributed by atoms with Crippen molar-refractivity contribution in [1.82, 2.24) is 0 Å². The largest absolute Gasteiger partial charge is 0.327 e. The highest BCUT2D eigenvalue weighted by atomic mass is 79.9. The summed E-state index contributed by atoms with van der Waals surface area (Å²) in [5.41, 5.74) is 6.38. The summed E-state index contributed by atoms with van der Waals surface area (Å²) in [4.78, 5) is 0. The fraction of sp³-hybridized carbons (Fsp3) is 0.400. The van der Waals surface area contributed by atoms with Crippen LogP contribution in [0.25, 0.3) is 0 Å². The number of benzene rings is 1. The fourth-order valence-electron chi connectivity index (χ4n) is 1.15. The molecule has 0 fully saturated rings. The summed E-state index contributed by atoms with van der Waals surface area (Å²) in [6, 6.07) is 4.89. The van der Waals surface area contributed by atoms with Crippen molar-refractivity contribution in [1.29, 1.82) is 0 Å². The Labute approximate surface area is 86.3 Å². The van der Waals surface area contributed by atoms with E-state index in [-0.39, 0.29) is 17.8 Å². The lowest BCUT2D eigenvalue weighted by Crippen LogP contribution is -2.23.